The SMILES string of the molecule is CC(C)CCNc1cc(F)ccc1[N+](=O)[O-]. The summed E-state index contributed by atoms with van der Waals surface area (Å²) >= 11 is 0. The van der Waals surface area contributed by atoms with Gasteiger partial charge in [0.15, 0.2) is 0 Å². The molecule has 5 heteroatoms. The zero-order valence-electron chi connectivity index (χ0n) is 9.37. The molecule has 0 aliphatic rings. The number of nitrogens with one attached hydrogen (secondary N) is 1. The molecule has 0 aliphatic heterocycles. The first-order valence-electron chi connectivity index (χ1n) is 5.18. The molecule has 0 saturated heterocycles. The number of rotatable bonds is 5. The molecular formula is C11H15FN2O2. The van der Waals surface area contributed by atoms with Crippen LogP contribution in [0.2, 0.25) is 0 Å². The Morgan fingerprint density at radius 3 is 2.75 bits per heavy atom. The second kappa shape index (κ2) is 5.44. The Morgan fingerprint density at radius 1 is 1.50 bits per heavy atom. The fourth-order valence-electron chi connectivity index (χ4n) is 1.30. The Bertz CT molecular complexity index is 380. The van der Waals surface area contributed by atoms with E-state index in [0.717, 1.165) is 18.6 Å². The van der Waals surface area contributed by atoms with Gasteiger partial charge in [0.25, 0.3) is 5.69 Å². The molecule has 0 radical (unpaired) electrons. The lowest BCUT2D eigenvalue weighted by molar-refractivity contribution is -0.384. The molecule has 1 N–H and O–H groups in total. The minimum Gasteiger partial charge on any atom is -0.379 e. The average molecular weight is 226 g/mol. The highest BCUT2D eigenvalue weighted by Crippen LogP contribution is 2.24. The predicted octanol–water partition coefficient (Wildman–Crippen LogP) is 3.19. The van der Waals surface area contributed by atoms with E-state index in [2.05, 4.69) is 19.2 Å². The van der Waals surface area contributed by atoms with Crippen LogP contribution >= 0.6 is 0 Å². The lowest BCUT2D eigenvalue weighted by Gasteiger charge is -2.08. The van der Waals surface area contributed by atoms with Gasteiger partial charge in [0, 0.05) is 18.7 Å². The number of nitrogens with zero attached hydrogens (tertiary/aromatic N) is 1. The summed E-state index contributed by atoms with van der Waals surface area (Å²) in [7, 11) is 0. The molecule has 88 valence electrons. The summed E-state index contributed by atoms with van der Waals surface area (Å²) in [5.41, 5.74) is 0.149. The lowest BCUT2D eigenvalue weighted by Crippen LogP contribution is -2.07. The van der Waals surface area contributed by atoms with Crippen LogP contribution in [0.4, 0.5) is 15.8 Å². The summed E-state index contributed by atoms with van der Waals surface area (Å²) in [5.74, 6) is 0.0257. The highest BCUT2D eigenvalue weighted by molar-refractivity contribution is 5.61. The van der Waals surface area contributed by atoms with Crippen molar-refractivity contribution in [2.45, 2.75) is 20.3 Å². The monoisotopic (exact) mass is 226 g/mol. The first-order chi connectivity index (χ1) is 7.50. The molecule has 0 aromatic heterocycles. The molecule has 1 rings (SSSR count). The van der Waals surface area contributed by atoms with Gasteiger partial charge in [-0.25, -0.2) is 4.39 Å². The fraction of sp³-hybridized carbons (Fsp3) is 0.455. The highest BCUT2D eigenvalue weighted by Gasteiger charge is 2.13. The Kier molecular flexibility index (Phi) is 4.22. The van der Waals surface area contributed by atoms with Crippen molar-refractivity contribution in [1.82, 2.24) is 0 Å². The minimum atomic E-state index is -0.517. The van der Waals surface area contributed by atoms with Crippen LogP contribution in [0.1, 0.15) is 20.3 Å². The normalized spacial score (nSPS) is 10.5. The van der Waals surface area contributed by atoms with Crippen LogP contribution in [0.3, 0.4) is 0 Å². The largest absolute Gasteiger partial charge is 0.379 e. The number of anilines is 1. The second-order valence-electron chi connectivity index (χ2n) is 4.03. The maximum Gasteiger partial charge on any atom is 0.292 e. The van der Waals surface area contributed by atoms with Crippen LogP contribution in [-0.4, -0.2) is 11.5 Å². The molecule has 4 nitrogen and oxygen atoms in total. The number of benzene rings is 1. The van der Waals surface area contributed by atoms with E-state index < -0.39 is 10.7 Å². The van der Waals surface area contributed by atoms with Gasteiger partial charge in [-0.05, 0) is 18.4 Å². The molecule has 0 atom stereocenters. The van der Waals surface area contributed by atoms with Crippen molar-refractivity contribution in [3.05, 3.63) is 34.1 Å². The van der Waals surface area contributed by atoms with Gasteiger partial charge < -0.3 is 5.32 Å². The molecule has 1 aromatic carbocycles. The zero-order chi connectivity index (χ0) is 12.1. The van der Waals surface area contributed by atoms with Crippen LogP contribution in [0, 0.1) is 21.8 Å². The smallest absolute Gasteiger partial charge is 0.292 e. The number of hydrogen-bond acceptors (Lipinski definition) is 3. The zero-order valence-corrected chi connectivity index (χ0v) is 9.37. The van der Waals surface area contributed by atoms with Crippen LogP contribution in [0.15, 0.2) is 18.2 Å². The Balaban J connectivity index is 2.76. The van der Waals surface area contributed by atoms with Gasteiger partial charge in [-0.1, -0.05) is 13.8 Å². The van der Waals surface area contributed by atoms with E-state index in [4.69, 9.17) is 0 Å². The molecule has 0 fully saturated rings. The fourth-order valence-corrected chi connectivity index (χ4v) is 1.30. The van der Waals surface area contributed by atoms with E-state index >= 15 is 0 Å². The summed E-state index contributed by atoms with van der Waals surface area (Å²) in [6.07, 6.45) is 0.883. The van der Waals surface area contributed by atoms with Gasteiger partial charge in [0.2, 0.25) is 0 Å². The van der Waals surface area contributed by atoms with E-state index in [9.17, 15) is 14.5 Å². The highest BCUT2D eigenvalue weighted by atomic mass is 19.1. The van der Waals surface area contributed by atoms with Crippen molar-refractivity contribution in [2.24, 2.45) is 5.92 Å². The van der Waals surface area contributed by atoms with Gasteiger partial charge in [-0.2, -0.15) is 0 Å². The van der Waals surface area contributed by atoms with Gasteiger partial charge in [-0.3, -0.25) is 10.1 Å². The van der Waals surface area contributed by atoms with Crippen molar-refractivity contribution in [3.63, 3.8) is 0 Å². The first-order valence-corrected chi connectivity index (χ1v) is 5.18. The van der Waals surface area contributed by atoms with Crippen LogP contribution in [-0.2, 0) is 0 Å². The van der Waals surface area contributed by atoms with Crippen molar-refractivity contribution in [1.29, 1.82) is 0 Å². The number of nitro groups is 1. The van der Waals surface area contributed by atoms with Gasteiger partial charge in [-0.15, -0.1) is 0 Å². The summed E-state index contributed by atoms with van der Waals surface area (Å²) in [5, 5.41) is 13.6. The van der Waals surface area contributed by atoms with Crippen LogP contribution in [0.5, 0.6) is 0 Å². The molecule has 0 unspecified atom stereocenters. The Labute approximate surface area is 93.6 Å². The lowest BCUT2D eigenvalue weighted by atomic mass is 10.1. The molecule has 0 saturated carbocycles. The number of hydrogen-bond donors (Lipinski definition) is 1. The van der Waals surface area contributed by atoms with Crippen LogP contribution in [0.25, 0.3) is 0 Å². The third kappa shape index (κ3) is 3.49. The topological polar surface area (TPSA) is 55.2 Å². The summed E-state index contributed by atoms with van der Waals surface area (Å²) in [6, 6.07) is 3.41. The third-order valence-corrected chi connectivity index (χ3v) is 2.19. The van der Waals surface area contributed by atoms with E-state index in [1.807, 2.05) is 0 Å². The molecule has 0 aliphatic carbocycles. The standard InChI is InChI=1S/C11H15FN2O2/c1-8(2)5-6-13-10-7-9(12)3-4-11(10)14(15)16/h3-4,7-8,13H,5-6H2,1-2H3. The average Bonchev–Trinajstić information content (AvgIpc) is 2.16. The minimum absolute atomic E-state index is 0.0924. The first kappa shape index (κ1) is 12.4. The molecule has 0 bridgehead atoms. The van der Waals surface area contributed by atoms with Gasteiger partial charge in [0.1, 0.15) is 11.5 Å². The molecule has 0 heterocycles. The Morgan fingerprint density at radius 2 is 2.19 bits per heavy atom. The maximum atomic E-state index is 12.9. The van der Waals surface area contributed by atoms with Gasteiger partial charge in [0.05, 0.1) is 4.92 Å². The number of halogens is 1. The summed E-state index contributed by atoms with van der Waals surface area (Å²) < 4.78 is 12.9. The van der Waals surface area contributed by atoms with Gasteiger partial charge >= 0.3 is 0 Å². The summed E-state index contributed by atoms with van der Waals surface area (Å²) in [6.45, 7) is 4.71. The van der Waals surface area contributed by atoms with Crippen molar-refractivity contribution in [2.75, 3.05) is 11.9 Å². The van der Waals surface area contributed by atoms with E-state index in [0.29, 0.717) is 12.5 Å². The van der Waals surface area contributed by atoms with E-state index in [1.54, 1.807) is 0 Å². The predicted molar refractivity (Wildman–Crippen MR) is 61.0 cm³/mol. The second-order valence-corrected chi connectivity index (χ2v) is 4.03. The molecule has 1 aromatic rings. The van der Waals surface area contributed by atoms with Crippen LogP contribution < -0.4 is 5.32 Å². The molecular weight excluding hydrogens is 211 g/mol. The molecule has 16 heavy (non-hydrogen) atoms. The maximum absolute atomic E-state index is 12.9. The molecule has 0 spiro atoms. The van der Waals surface area contributed by atoms with E-state index in [-0.39, 0.29) is 11.4 Å². The quantitative estimate of drug-likeness (QED) is 0.619. The molecule has 0 amide bonds. The third-order valence-electron chi connectivity index (χ3n) is 2.19. The van der Waals surface area contributed by atoms with E-state index in [1.165, 1.54) is 6.07 Å². The van der Waals surface area contributed by atoms with Crippen molar-refractivity contribution in [3.8, 4) is 0 Å². The number of nitro benzene ring substituents is 1. The Hall–Kier alpha value is -1.65. The van der Waals surface area contributed by atoms with Crippen molar-refractivity contribution >= 4 is 11.4 Å². The summed E-state index contributed by atoms with van der Waals surface area (Å²) in [4.78, 5) is 10.2. The van der Waals surface area contributed by atoms with Crippen molar-refractivity contribution < 1.29 is 9.31 Å².